The number of nitrogens with two attached hydrogens (primary N) is 1. The monoisotopic (exact) mass is 233 g/mol. The van der Waals surface area contributed by atoms with Gasteiger partial charge in [-0.3, -0.25) is 0 Å². The summed E-state index contributed by atoms with van der Waals surface area (Å²) in [4.78, 5) is 2.46. The number of benzene rings is 1. The molecule has 0 bridgehead atoms. The van der Waals surface area contributed by atoms with Gasteiger partial charge in [-0.2, -0.15) is 0 Å². The molecule has 2 N–H and O–H groups in total. The second kappa shape index (κ2) is 4.68. The maximum absolute atomic E-state index is 5.84. The summed E-state index contributed by atoms with van der Waals surface area (Å²) in [5.41, 5.74) is 7.05. The third-order valence-electron chi connectivity index (χ3n) is 2.45. The van der Waals surface area contributed by atoms with Crippen LogP contribution < -0.4 is 10.5 Å². The largest absolute Gasteiger partial charge is 0.497 e. The van der Waals surface area contributed by atoms with Crippen LogP contribution in [-0.2, 0) is 0 Å². The van der Waals surface area contributed by atoms with Gasteiger partial charge in [0.1, 0.15) is 5.75 Å². The van der Waals surface area contributed by atoms with Gasteiger partial charge in [-0.1, -0.05) is 0 Å². The van der Waals surface area contributed by atoms with E-state index < -0.39 is 0 Å². The Morgan fingerprint density at radius 2 is 1.81 bits per heavy atom. The number of ether oxygens (including phenoxy) is 1. The van der Waals surface area contributed by atoms with Crippen molar-refractivity contribution in [1.82, 2.24) is 0 Å². The lowest BCUT2D eigenvalue weighted by atomic mass is 10.2. The van der Waals surface area contributed by atoms with Gasteiger partial charge in [-0.25, -0.2) is 0 Å². The minimum absolute atomic E-state index is 0.108. The molecule has 3 heteroatoms. The van der Waals surface area contributed by atoms with E-state index in [0.29, 0.717) is 0 Å². The highest BCUT2D eigenvalue weighted by Crippen LogP contribution is 2.31. The average molecular weight is 233 g/mol. The highest BCUT2D eigenvalue weighted by atomic mass is 32.1. The topological polar surface area (TPSA) is 35.2 Å². The Bertz CT molecular complexity index is 459. The van der Waals surface area contributed by atoms with Crippen LogP contribution in [0.4, 0.5) is 0 Å². The number of hydrogen-bond acceptors (Lipinski definition) is 3. The van der Waals surface area contributed by atoms with Gasteiger partial charge < -0.3 is 10.5 Å². The molecule has 0 fully saturated rings. The lowest BCUT2D eigenvalue weighted by Crippen LogP contribution is -2.01. The molecule has 16 heavy (non-hydrogen) atoms. The van der Waals surface area contributed by atoms with Gasteiger partial charge in [-0.05, 0) is 48.9 Å². The Balaban J connectivity index is 2.28. The lowest BCUT2D eigenvalue weighted by molar-refractivity contribution is 0.415. The van der Waals surface area contributed by atoms with Crippen molar-refractivity contribution >= 4 is 11.3 Å². The van der Waals surface area contributed by atoms with Crippen molar-refractivity contribution in [1.29, 1.82) is 0 Å². The van der Waals surface area contributed by atoms with Crippen LogP contribution in [0.25, 0.3) is 10.4 Å². The van der Waals surface area contributed by atoms with Crippen molar-refractivity contribution in [2.75, 3.05) is 7.11 Å². The average Bonchev–Trinajstić information content (AvgIpc) is 2.78. The summed E-state index contributed by atoms with van der Waals surface area (Å²) in [5.74, 6) is 0.882. The van der Waals surface area contributed by atoms with Gasteiger partial charge in [0.25, 0.3) is 0 Å². The molecular weight excluding hydrogens is 218 g/mol. The fourth-order valence-corrected chi connectivity index (χ4v) is 2.47. The van der Waals surface area contributed by atoms with Gasteiger partial charge in [0.05, 0.1) is 7.11 Å². The van der Waals surface area contributed by atoms with Crippen LogP contribution in [0.1, 0.15) is 17.8 Å². The highest BCUT2D eigenvalue weighted by Gasteiger charge is 2.05. The van der Waals surface area contributed by atoms with Gasteiger partial charge in [-0.15, -0.1) is 11.3 Å². The Morgan fingerprint density at radius 3 is 2.31 bits per heavy atom. The number of thiophene rings is 1. The van der Waals surface area contributed by atoms with Crippen molar-refractivity contribution in [2.45, 2.75) is 13.0 Å². The smallest absolute Gasteiger partial charge is 0.118 e. The third-order valence-corrected chi connectivity index (χ3v) is 3.79. The zero-order valence-corrected chi connectivity index (χ0v) is 10.3. The van der Waals surface area contributed by atoms with E-state index in [1.165, 1.54) is 15.3 Å². The quantitative estimate of drug-likeness (QED) is 0.881. The summed E-state index contributed by atoms with van der Waals surface area (Å²) in [7, 11) is 1.67. The van der Waals surface area contributed by atoms with E-state index in [-0.39, 0.29) is 6.04 Å². The molecule has 0 spiro atoms. The van der Waals surface area contributed by atoms with Crippen LogP contribution in [0, 0.1) is 0 Å². The van der Waals surface area contributed by atoms with Gasteiger partial charge in [0.15, 0.2) is 0 Å². The fourth-order valence-electron chi connectivity index (χ4n) is 1.51. The first-order valence-electron chi connectivity index (χ1n) is 5.20. The molecule has 0 amide bonds. The molecule has 0 aliphatic rings. The first kappa shape index (κ1) is 11.2. The van der Waals surface area contributed by atoms with E-state index in [0.717, 1.165) is 5.75 Å². The second-order valence-electron chi connectivity index (χ2n) is 3.72. The third kappa shape index (κ3) is 2.26. The molecule has 2 nitrogen and oxygen atoms in total. The van der Waals surface area contributed by atoms with Crippen molar-refractivity contribution in [3.05, 3.63) is 41.3 Å². The molecule has 0 saturated heterocycles. The molecule has 84 valence electrons. The standard InChI is InChI=1S/C13H15NOS/c1-9(14)12-7-8-13(16-12)10-3-5-11(15-2)6-4-10/h3-9H,14H2,1-2H3/t9-/m0/s1. The van der Waals surface area contributed by atoms with Crippen LogP contribution in [0.5, 0.6) is 5.75 Å². The molecule has 1 heterocycles. The normalized spacial score (nSPS) is 12.4. The Kier molecular flexibility index (Phi) is 3.27. The molecule has 0 saturated carbocycles. The minimum atomic E-state index is 0.108. The van der Waals surface area contributed by atoms with Crippen LogP contribution in [0.3, 0.4) is 0 Å². The van der Waals surface area contributed by atoms with E-state index in [1.807, 2.05) is 19.1 Å². The maximum atomic E-state index is 5.84. The Labute approximate surface area is 99.7 Å². The molecule has 1 aromatic carbocycles. The molecule has 0 radical (unpaired) electrons. The Morgan fingerprint density at radius 1 is 1.12 bits per heavy atom. The summed E-state index contributed by atoms with van der Waals surface area (Å²) in [5, 5.41) is 0. The summed E-state index contributed by atoms with van der Waals surface area (Å²) < 4.78 is 5.13. The molecule has 2 aromatic rings. The van der Waals surface area contributed by atoms with Crippen LogP contribution in [-0.4, -0.2) is 7.11 Å². The van der Waals surface area contributed by atoms with E-state index in [2.05, 4.69) is 24.3 Å². The van der Waals surface area contributed by atoms with E-state index in [9.17, 15) is 0 Å². The lowest BCUT2D eigenvalue weighted by Gasteiger charge is -2.01. The summed E-state index contributed by atoms with van der Waals surface area (Å²) >= 11 is 1.74. The Hall–Kier alpha value is -1.32. The zero-order chi connectivity index (χ0) is 11.5. The number of hydrogen-bond donors (Lipinski definition) is 1. The number of methoxy groups -OCH3 is 1. The van der Waals surface area contributed by atoms with Gasteiger partial charge in [0.2, 0.25) is 0 Å². The van der Waals surface area contributed by atoms with Crippen LogP contribution in [0.2, 0.25) is 0 Å². The van der Waals surface area contributed by atoms with Crippen molar-refractivity contribution in [2.24, 2.45) is 5.73 Å². The molecule has 0 unspecified atom stereocenters. The van der Waals surface area contributed by atoms with Gasteiger partial charge >= 0.3 is 0 Å². The first-order valence-corrected chi connectivity index (χ1v) is 6.02. The van der Waals surface area contributed by atoms with E-state index in [1.54, 1.807) is 18.4 Å². The molecule has 1 atom stereocenters. The molecular formula is C13H15NOS. The summed E-state index contributed by atoms with van der Waals surface area (Å²) in [6.45, 7) is 2.00. The molecule has 0 aliphatic heterocycles. The van der Waals surface area contributed by atoms with Crippen LogP contribution in [0.15, 0.2) is 36.4 Å². The number of rotatable bonds is 3. The van der Waals surface area contributed by atoms with Crippen molar-refractivity contribution in [3.63, 3.8) is 0 Å². The minimum Gasteiger partial charge on any atom is -0.497 e. The van der Waals surface area contributed by atoms with E-state index >= 15 is 0 Å². The summed E-state index contributed by atoms with van der Waals surface area (Å²) in [6, 6.07) is 12.4. The van der Waals surface area contributed by atoms with Crippen LogP contribution >= 0.6 is 11.3 Å². The molecule has 2 rings (SSSR count). The second-order valence-corrected chi connectivity index (χ2v) is 4.83. The summed E-state index contributed by atoms with van der Waals surface area (Å²) in [6.07, 6.45) is 0. The highest BCUT2D eigenvalue weighted by molar-refractivity contribution is 7.15. The molecule has 1 aromatic heterocycles. The predicted molar refractivity (Wildman–Crippen MR) is 68.9 cm³/mol. The maximum Gasteiger partial charge on any atom is 0.118 e. The first-order chi connectivity index (χ1) is 7.70. The van der Waals surface area contributed by atoms with E-state index in [4.69, 9.17) is 10.5 Å². The van der Waals surface area contributed by atoms with Gasteiger partial charge in [0, 0.05) is 15.8 Å². The SMILES string of the molecule is COc1ccc(-c2ccc([C@H](C)N)s2)cc1. The predicted octanol–water partition coefficient (Wildman–Crippen LogP) is 3.44. The molecule has 0 aliphatic carbocycles. The zero-order valence-electron chi connectivity index (χ0n) is 9.44. The fraction of sp³-hybridized carbons (Fsp3) is 0.231. The van der Waals surface area contributed by atoms with Crippen molar-refractivity contribution < 1.29 is 4.74 Å². The van der Waals surface area contributed by atoms with Crippen molar-refractivity contribution in [3.8, 4) is 16.2 Å².